The number of ketones is 1. The summed E-state index contributed by atoms with van der Waals surface area (Å²) in [5, 5.41) is -3.81. The highest BCUT2D eigenvalue weighted by molar-refractivity contribution is 9.11. The quantitative estimate of drug-likeness (QED) is 0.597. The zero-order valence-corrected chi connectivity index (χ0v) is 9.56. The lowest BCUT2D eigenvalue weighted by Crippen LogP contribution is -2.20. The Morgan fingerprint density at radius 2 is 2.23 bits per heavy atom. The van der Waals surface area contributed by atoms with Gasteiger partial charge in [-0.15, -0.1) is 11.3 Å². The Balaban J connectivity index is 3.03. The number of hydrogen-bond acceptors (Lipinski definition) is 2. The normalized spacial score (nSPS) is 11.8. The van der Waals surface area contributed by atoms with Crippen LogP contribution < -0.4 is 0 Å². The Labute approximate surface area is 90.8 Å². The van der Waals surface area contributed by atoms with Crippen LogP contribution in [0.5, 0.6) is 0 Å². The predicted octanol–water partition coefficient (Wildman–Crippen LogP) is 3.83. The molecule has 1 rings (SSSR count). The second-order valence-electron chi connectivity index (χ2n) is 2.39. The third-order valence-corrected chi connectivity index (χ3v) is 3.65. The molecule has 0 saturated carbocycles. The monoisotopic (exact) mass is 288 g/mol. The van der Waals surface area contributed by atoms with E-state index in [1.165, 1.54) is 6.07 Å². The van der Waals surface area contributed by atoms with Crippen LogP contribution in [0.2, 0.25) is 0 Å². The van der Waals surface area contributed by atoms with E-state index in [1.54, 1.807) is 6.92 Å². The van der Waals surface area contributed by atoms with Crippen molar-refractivity contribution in [1.29, 1.82) is 0 Å². The Hall–Kier alpha value is -0.000000000000000111. The lowest BCUT2D eigenvalue weighted by atomic mass is 10.3. The van der Waals surface area contributed by atoms with E-state index >= 15 is 0 Å². The van der Waals surface area contributed by atoms with Crippen LogP contribution in [0.4, 0.5) is 8.78 Å². The van der Waals surface area contributed by atoms with Crippen molar-refractivity contribution < 1.29 is 13.6 Å². The van der Waals surface area contributed by atoms with Crippen LogP contribution >= 0.6 is 38.9 Å². The van der Waals surface area contributed by atoms with Crippen molar-refractivity contribution in [2.75, 3.05) is 0 Å². The van der Waals surface area contributed by atoms with Gasteiger partial charge < -0.3 is 0 Å². The minimum atomic E-state index is -3.81. The Bertz CT molecular complexity index is 325. The first-order valence-corrected chi connectivity index (χ1v) is 5.18. The van der Waals surface area contributed by atoms with E-state index in [0.717, 1.165) is 16.9 Å². The molecule has 0 unspecified atom stereocenters. The standard InChI is InChI=1S/C7H4BrClF2OS/c1-3-2-4(13-6(3)8)5(12)7(9,10)11/h2H,1H3. The van der Waals surface area contributed by atoms with Crippen molar-refractivity contribution in [3.05, 3.63) is 20.3 Å². The highest BCUT2D eigenvalue weighted by atomic mass is 79.9. The number of thiophene rings is 1. The molecule has 0 amide bonds. The molecule has 0 atom stereocenters. The van der Waals surface area contributed by atoms with Crippen molar-refractivity contribution in [1.82, 2.24) is 0 Å². The van der Waals surface area contributed by atoms with Gasteiger partial charge in [-0.3, -0.25) is 4.79 Å². The van der Waals surface area contributed by atoms with Crippen LogP contribution in [0.25, 0.3) is 0 Å². The van der Waals surface area contributed by atoms with Crippen LogP contribution in [-0.4, -0.2) is 11.2 Å². The minimum absolute atomic E-state index is 0.0376. The second kappa shape index (κ2) is 3.63. The Morgan fingerprint density at radius 1 is 1.69 bits per heavy atom. The van der Waals surface area contributed by atoms with Crippen molar-refractivity contribution in [3.8, 4) is 0 Å². The van der Waals surface area contributed by atoms with Gasteiger partial charge in [0.25, 0.3) is 5.78 Å². The third-order valence-electron chi connectivity index (χ3n) is 1.34. The van der Waals surface area contributed by atoms with Crippen LogP contribution in [-0.2, 0) is 0 Å². The molecule has 0 aromatic carbocycles. The number of halogens is 4. The number of Topliss-reactive ketones (excluding diaryl/α,β-unsaturated/α-hetero) is 1. The maximum atomic E-state index is 12.3. The summed E-state index contributed by atoms with van der Waals surface area (Å²) in [5.41, 5.74) is 0.745. The maximum absolute atomic E-state index is 12.3. The Kier molecular flexibility index (Phi) is 3.09. The number of carbonyl (C=O) groups is 1. The van der Waals surface area contributed by atoms with E-state index in [4.69, 9.17) is 0 Å². The van der Waals surface area contributed by atoms with Gasteiger partial charge in [0.05, 0.1) is 8.66 Å². The van der Waals surface area contributed by atoms with E-state index < -0.39 is 11.2 Å². The largest absolute Gasteiger partial charge is 0.385 e. The van der Waals surface area contributed by atoms with E-state index in [0.29, 0.717) is 3.79 Å². The molecule has 6 heteroatoms. The van der Waals surface area contributed by atoms with E-state index in [2.05, 4.69) is 27.5 Å². The summed E-state index contributed by atoms with van der Waals surface area (Å²) >= 11 is 8.67. The first kappa shape index (κ1) is 11.1. The number of alkyl halides is 3. The van der Waals surface area contributed by atoms with Crippen LogP contribution in [0.3, 0.4) is 0 Å². The summed E-state index contributed by atoms with van der Waals surface area (Å²) in [5.74, 6) is -1.35. The summed E-state index contributed by atoms with van der Waals surface area (Å²) in [6.45, 7) is 1.71. The summed E-state index contributed by atoms with van der Waals surface area (Å²) in [6.07, 6.45) is 0. The van der Waals surface area contributed by atoms with Crippen LogP contribution in [0.1, 0.15) is 15.2 Å². The number of rotatable bonds is 2. The molecule has 0 radical (unpaired) electrons. The molecule has 1 aromatic rings. The van der Waals surface area contributed by atoms with Gasteiger partial charge in [-0.1, -0.05) is 0 Å². The SMILES string of the molecule is Cc1cc(C(=O)C(F)(F)Cl)sc1Br. The molecule has 0 fully saturated rings. The van der Waals surface area contributed by atoms with Gasteiger partial charge in [-0.2, -0.15) is 8.78 Å². The summed E-state index contributed by atoms with van der Waals surface area (Å²) in [6, 6.07) is 1.38. The fourth-order valence-electron chi connectivity index (χ4n) is 0.711. The molecular weight excluding hydrogens is 285 g/mol. The van der Waals surface area contributed by atoms with Crippen molar-refractivity contribution >= 4 is 44.7 Å². The first-order valence-electron chi connectivity index (χ1n) is 3.20. The molecule has 13 heavy (non-hydrogen) atoms. The summed E-state index contributed by atoms with van der Waals surface area (Å²) < 4.78 is 25.4. The molecule has 0 aliphatic heterocycles. The summed E-state index contributed by atoms with van der Waals surface area (Å²) in [4.78, 5) is 10.9. The smallest absolute Gasteiger partial charge is 0.285 e. The van der Waals surface area contributed by atoms with Gasteiger partial charge in [-0.25, -0.2) is 0 Å². The van der Waals surface area contributed by atoms with Crippen molar-refractivity contribution in [2.45, 2.75) is 12.3 Å². The van der Waals surface area contributed by atoms with Gasteiger partial charge >= 0.3 is 5.38 Å². The zero-order chi connectivity index (χ0) is 10.2. The molecule has 0 aliphatic carbocycles. The van der Waals surface area contributed by atoms with Gasteiger partial charge in [0.1, 0.15) is 0 Å². The molecule has 0 N–H and O–H groups in total. The highest BCUT2D eigenvalue weighted by Gasteiger charge is 2.37. The lowest BCUT2D eigenvalue weighted by Gasteiger charge is -2.02. The van der Waals surface area contributed by atoms with Crippen molar-refractivity contribution in [2.24, 2.45) is 0 Å². The molecular formula is C7H4BrClF2OS. The molecule has 1 nitrogen and oxygen atoms in total. The molecule has 0 aliphatic rings. The molecule has 0 spiro atoms. The topological polar surface area (TPSA) is 17.1 Å². The number of aryl methyl sites for hydroxylation is 1. The molecule has 72 valence electrons. The third kappa shape index (κ3) is 2.48. The molecule has 0 saturated heterocycles. The fraction of sp³-hybridized carbons (Fsp3) is 0.286. The Morgan fingerprint density at radius 3 is 2.54 bits per heavy atom. The summed E-state index contributed by atoms with van der Waals surface area (Å²) in [7, 11) is 0. The molecule has 1 aromatic heterocycles. The van der Waals surface area contributed by atoms with Crippen molar-refractivity contribution in [3.63, 3.8) is 0 Å². The average molecular weight is 290 g/mol. The number of hydrogen-bond donors (Lipinski definition) is 0. The zero-order valence-electron chi connectivity index (χ0n) is 6.41. The maximum Gasteiger partial charge on any atom is 0.385 e. The van der Waals surface area contributed by atoms with Crippen LogP contribution in [0, 0.1) is 6.92 Å². The van der Waals surface area contributed by atoms with E-state index in [9.17, 15) is 13.6 Å². The second-order valence-corrected chi connectivity index (χ2v) is 5.24. The minimum Gasteiger partial charge on any atom is -0.285 e. The molecule has 0 bridgehead atoms. The number of carbonyl (C=O) groups excluding carboxylic acids is 1. The lowest BCUT2D eigenvalue weighted by molar-refractivity contribution is 0.0541. The van der Waals surface area contributed by atoms with E-state index in [1.807, 2.05) is 0 Å². The predicted molar refractivity (Wildman–Crippen MR) is 51.9 cm³/mol. The van der Waals surface area contributed by atoms with Gasteiger partial charge in [-0.05, 0) is 46.1 Å². The van der Waals surface area contributed by atoms with Gasteiger partial charge in [0.15, 0.2) is 0 Å². The molecule has 1 heterocycles. The van der Waals surface area contributed by atoms with Crippen LogP contribution in [0.15, 0.2) is 9.85 Å². The van der Waals surface area contributed by atoms with E-state index in [-0.39, 0.29) is 4.88 Å². The fourth-order valence-corrected chi connectivity index (χ4v) is 2.38. The first-order chi connectivity index (χ1) is 5.82. The van der Waals surface area contributed by atoms with Gasteiger partial charge in [0, 0.05) is 0 Å². The highest BCUT2D eigenvalue weighted by Crippen LogP contribution is 2.32. The van der Waals surface area contributed by atoms with Gasteiger partial charge in [0.2, 0.25) is 0 Å². The average Bonchev–Trinajstić information content (AvgIpc) is 2.29.